The van der Waals surface area contributed by atoms with E-state index in [0.717, 1.165) is 11.8 Å². The van der Waals surface area contributed by atoms with E-state index in [2.05, 4.69) is 35.8 Å². The number of nitrogens with zero attached hydrogens (tertiary/aromatic N) is 5. The summed E-state index contributed by atoms with van der Waals surface area (Å²) < 4.78 is 0. The Morgan fingerprint density at radius 2 is 2.04 bits per heavy atom. The molecule has 0 aliphatic carbocycles. The minimum Gasteiger partial charge on any atom is -0.364 e. The zero-order chi connectivity index (χ0) is 19.2. The van der Waals surface area contributed by atoms with Crippen LogP contribution in [0.25, 0.3) is 0 Å². The van der Waals surface area contributed by atoms with Gasteiger partial charge in [0, 0.05) is 19.5 Å². The molecule has 0 aliphatic rings. The van der Waals surface area contributed by atoms with Gasteiger partial charge in [-0.05, 0) is 17.7 Å². The fourth-order valence-corrected chi connectivity index (χ4v) is 2.52. The third-order valence-corrected chi connectivity index (χ3v) is 4.25. The average molecular weight is 409 g/mol. The van der Waals surface area contributed by atoms with Crippen molar-refractivity contribution in [2.24, 2.45) is 0 Å². The number of rotatable bonds is 8. The van der Waals surface area contributed by atoms with Crippen LogP contribution in [-0.2, 0) is 13.0 Å². The summed E-state index contributed by atoms with van der Waals surface area (Å²) in [7, 11) is 0. The molecule has 3 N–H and O–H groups in total. The maximum Gasteiger partial charge on any atom is 0.329 e. The van der Waals surface area contributed by atoms with Gasteiger partial charge < -0.3 is 10.6 Å². The largest absolute Gasteiger partial charge is 0.364 e. The molecule has 27 heavy (non-hydrogen) atoms. The lowest BCUT2D eigenvalue weighted by Crippen LogP contribution is -2.12. The molecule has 0 saturated heterocycles. The Kier molecular flexibility index (Phi) is 5.99. The van der Waals surface area contributed by atoms with Crippen LogP contribution in [0.5, 0.6) is 0 Å². The van der Waals surface area contributed by atoms with Crippen molar-refractivity contribution in [1.82, 2.24) is 25.1 Å². The summed E-state index contributed by atoms with van der Waals surface area (Å²) in [5, 5.41) is 24.5. The first-order valence-corrected chi connectivity index (χ1v) is 8.56. The Morgan fingerprint density at radius 1 is 1.19 bits per heavy atom. The second kappa shape index (κ2) is 8.60. The molecule has 2 aromatic heterocycles. The number of halogens is 2. The number of aromatic nitrogens is 5. The number of nitro groups is 1. The Balaban J connectivity index is 1.68. The van der Waals surface area contributed by atoms with E-state index in [1.54, 1.807) is 12.1 Å². The average Bonchev–Trinajstić information content (AvgIpc) is 3.16. The Hall–Kier alpha value is -2.98. The second-order valence-corrected chi connectivity index (χ2v) is 6.19. The first-order chi connectivity index (χ1) is 13.0. The quantitative estimate of drug-likeness (QED) is 0.382. The van der Waals surface area contributed by atoms with Gasteiger partial charge >= 0.3 is 5.69 Å². The fraction of sp³-hybridized carbons (Fsp3) is 0.200. The molecule has 12 heteroatoms. The fourth-order valence-electron chi connectivity index (χ4n) is 2.20. The summed E-state index contributed by atoms with van der Waals surface area (Å²) in [6, 6.07) is 5.22. The molecule has 0 amide bonds. The van der Waals surface area contributed by atoms with Crippen LogP contribution in [0.1, 0.15) is 11.4 Å². The van der Waals surface area contributed by atoms with Crippen molar-refractivity contribution in [2.75, 3.05) is 17.2 Å². The SMILES string of the molecule is O=[N+]([O-])c1cnc(NCc2ccc(Cl)c(Cl)c2)nc1NCCc1nc[nH]n1. The Bertz CT molecular complexity index is 936. The van der Waals surface area contributed by atoms with Gasteiger partial charge in [0.05, 0.1) is 15.0 Å². The number of benzene rings is 1. The van der Waals surface area contributed by atoms with E-state index in [4.69, 9.17) is 23.2 Å². The molecule has 0 atom stereocenters. The van der Waals surface area contributed by atoms with Crippen LogP contribution < -0.4 is 10.6 Å². The zero-order valence-electron chi connectivity index (χ0n) is 13.8. The van der Waals surface area contributed by atoms with Crippen LogP contribution in [0, 0.1) is 10.1 Å². The number of anilines is 2. The summed E-state index contributed by atoms with van der Waals surface area (Å²) in [6.45, 7) is 0.757. The maximum absolute atomic E-state index is 11.2. The van der Waals surface area contributed by atoms with Crippen molar-refractivity contribution >= 4 is 40.7 Å². The lowest BCUT2D eigenvalue weighted by atomic mass is 10.2. The minimum absolute atomic E-state index is 0.113. The van der Waals surface area contributed by atoms with Crippen LogP contribution in [-0.4, -0.2) is 36.6 Å². The van der Waals surface area contributed by atoms with E-state index in [0.29, 0.717) is 35.4 Å². The maximum atomic E-state index is 11.2. The first kappa shape index (κ1) is 18.8. The molecule has 0 saturated carbocycles. The molecule has 1 aromatic carbocycles. The van der Waals surface area contributed by atoms with Gasteiger partial charge in [-0.3, -0.25) is 15.2 Å². The standard InChI is InChI=1S/C15H14Cl2N8O2/c16-10-2-1-9(5-11(10)17)6-19-15-20-7-12(25(26)27)14(23-15)18-4-3-13-21-8-22-24-13/h1-2,5,7-8H,3-4,6H2,(H,21,22,24)(H2,18,19,20,23). The molecule has 0 fully saturated rings. The van der Waals surface area contributed by atoms with E-state index < -0.39 is 4.92 Å². The number of H-pyrrole nitrogens is 1. The van der Waals surface area contributed by atoms with Crippen molar-refractivity contribution < 1.29 is 4.92 Å². The van der Waals surface area contributed by atoms with Crippen molar-refractivity contribution in [1.29, 1.82) is 0 Å². The van der Waals surface area contributed by atoms with Gasteiger partial charge in [-0.2, -0.15) is 10.1 Å². The second-order valence-electron chi connectivity index (χ2n) is 5.38. The summed E-state index contributed by atoms with van der Waals surface area (Å²) in [6.07, 6.45) is 3.10. The Morgan fingerprint density at radius 3 is 2.74 bits per heavy atom. The van der Waals surface area contributed by atoms with Crippen molar-refractivity contribution in [3.05, 3.63) is 62.3 Å². The zero-order valence-corrected chi connectivity index (χ0v) is 15.3. The van der Waals surface area contributed by atoms with E-state index in [-0.39, 0.29) is 17.5 Å². The molecule has 3 aromatic rings. The van der Waals surface area contributed by atoms with Gasteiger partial charge in [0.2, 0.25) is 11.8 Å². The monoisotopic (exact) mass is 408 g/mol. The van der Waals surface area contributed by atoms with Gasteiger partial charge in [-0.25, -0.2) is 9.97 Å². The van der Waals surface area contributed by atoms with Gasteiger partial charge in [0.15, 0.2) is 5.82 Å². The van der Waals surface area contributed by atoms with Gasteiger partial charge in [-0.15, -0.1) is 0 Å². The number of hydrogen-bond donors (Lipinski definition) is 3. The molecular weight excluding hydrogens is 395 g/mol. The van der Waals surface area contributed by atoms with E-state index in [1.807, 2.05) is 6.07 Å². The molecule has 0 bridgehead atoms. The van der Waals surface area contributed by atoms with Crippen LogP contribution >= 0.6 is 23.2 Å². The minimum atomic E-state index is -0.544. The summed E-state index contributed by atoms with van der Waals surface area (Å²) in [5.41, 5.74) is 0.649. The summed E-state index contributed by atoms with van der Waals surface area (Å²) >= 11 is 11.9. The topological polar surface area (TPSA) is 135 Å². The van der Waals surface area contributed by atoms with Gasteiger partial charge in [0.1, 0.15) is 12.5 Å². The van der Waals surface area contributed by atoms with E-state index >= 15 is 0 Å². The van der Waals surface area contributed by atoms with Gasteiger partial charge in [-0.1, -0.05) is 29.3 Å². The predicted molar refractivity (Wildman–Crippen MR) is 101 cm³/mol. The van der Waals surface area contributed by atoms with Gasteiger partial charge in [0.25, 0.3) is 0 Å². The normalized spacial score (nSPS) is 10.6. The number of hydrogen-bond acceptors (Lipinski definition) is 8. The molecule has 0 unspecified atom stereocenters. The molecule has 0 radical (unpaired) electrons. The highest BCUT2D eigenvalue weighted by atomic mass is 35.5. The lowest BCUT2D eigenvalue weighted by Gasteiger charge is -2.09. The molecule has 3 rings (SSSR count). The number of aromatic amines is 1. The van der Waals surface area contributed by atoms with Crippen LogP contribution in [0.15, 0.2) is 30.7 Å². The van der Waals surface area contributed by atoms with E-state index in [9.17, 15) is 10.1 Å². The molecule has 10 nitrogen and oxygen atoms in total. The third kappa shape index (κ3) is 5.02. The molecule has 2 heterocycles. The summed E-state index contributed by atoms with van der Waals surface area (Å²) in [4.78, 5) is 22.8. The predicted octanol–water partition coefficient (Wildman–Crippen LogP) is 3.08. The van der Waals surface area contributed by atoms with Crippen molar-refractivity contribution in [3.8, 4) is 0 Å². The highest BCUT2D eigenvalue weighted by molar-refractivity contribution is 6.42. The smallest absolute Gasteiger partial charge is 0.329 e. The van der Waals surface area contributed by atoms with Crippen LogP contribution in [0.2, 0.25) is 10.0 Å². The summed E-state index contributed by atoms with van der Waals surface area (Å²) in [5.74, 6) is 0.950. The van der Waals surface area contributed by atoms with Crippen LogP contribution in [0.4, 0.5) is 17.5 Å². The third-order valence-electron chi connectivity index (χ3n) is 3.51. The highest BCUT2D eigenvalue weighted by Crippen LogP contribution is 2.24. The molecule has 140 valence electrons. The van der Waals surface area contributed by atoms with Crippen LogP contribution in [0.3, 0.4) is 0 Å². The first-order valence-electron chi connectivity index (χ1n) is 7.80. The van der Waals surface area contributed by atoms with Crippen molar-refractivity contribution in [3.63, 3.8) is 0 Å². The highest BCUT2D eigenvalue weighted by Gasteiger charge is 2.17. The number of nitrogens with one attached hydrogen (secondary N) is 3. The van der Waals surface area contributed by atoms with Crippen molar-refractivity contribution in [2.45, 2.75) is 13.0 Å². The Labute approximate surface area is 163 Å². The molecule has 0 spiro atoms. The molecule has 0 aliphatic heterocycles. The molecular formula is C15H14Cl2N8O2. The lowest BCUT2D eigenvalue weighted by molar-refractivity contribution is -0.384. The van der Waals surface area contributed by atoms with E-state index in [1.165, 1.54) is 6.33 Å².